The van der Waals surface area contributed by atoms with Crippen LogP contribution in [-0.2, 0) is 43.4 Å². The van der Waals surface area contributed by atoms with Crippen molar-refractivity contribution in [1.29, 1.82) is 5.26 Å². The van der Waals surface area contributed by atoms with Crippen LogP contribution in [0.3, 0.4) is 0 Å². The molecule has 2 fully saturated rings. The summed E-state index contributed by atoms with van der Waals surface area (Å²) in [7, 11) is 7.80. The lowest BCUT2D eigenvalue weighted by Gasteiger charge is -2.38. The third kappa shape index (κ3) is 16.8. The van der Waals surface area contributed by atoms with E-state index in [-0.39, 0.29) is 75.8 Å². The Morgan fingerprint density at radius 2 is 1.48 bits per heavy atom. The lowest BCUT2D eigenvalue weighted by atomic mass is 9.95. The summed E-state index contributed by atoms with van der Waals surface area (Å²) in [5, 5.41) is 60.4. The van der Waals surface area contributed by atoms with E-state index in [0.717, 1.165) is 91.3 Å². The number of anilines is 1. The Labute approximate surface area is 582 Å². The maximum atomic E-state index is 13.8. The van der Waals surface area contributed by atoms with Crippen LogP contribution in [-0.4, -0.2) is 206 Å². The number of unbranched alkanes of at least 4 members (excludes halogenated alkanes) is 6. The first-order chi connectivity index (χ1) is 48.8. The molecule has 6 atom stereocenters. The molecule has 5 amide bonds. The molecule has 11 rings (SSSR count). The lowest BCUT2D eigenvalue weighted by molar-refractivity contribution is -0.686. The summed E-state index contributed by atoms with van der Waals surface area (Å²) < 4.78 is 50.7. The number of hydrogen-bond acceptors (Lipinski definition) is 21. The van der Waals surface area contributed by atoms with Gasteiger partial charge in [-0.05, 0) is 90.6 Å². The van der Waals surface area contributed by atoms with Crippen molar-refractivity contribution in [3.8, 4) is 57.3 Å². The lowest BCUT2D eigenvalue weighted by Crippen LogP contribution is -2.61. The molecule has 101 heavy (non-hydrogen) atoms. The van der Waals surface area contributed by atoms with Gasteiger partial charge < -0.3 is 83.2 Å². The van der Waals surface area contributed by atoms with E-state index in [1.54, 1.807) is 45.7 Å². The zero-order chi connectivity index (χ0) is 71.4. The topological polar surface area (TPSA) is 358 Å². The average Bonchev–Trinajstić information content (AvgIpc) is 1.52. The van der Waals surface area contributed by atoms with Crippen molar-refractivity contribution in [1.82, 2.24) is 43.9 Å². The first kappa shape index (κ1) is 71.9. The van der Waals surface area contributed by atoms with Crippen LogP contribution in [0.15, 0.2) is 85.7 Å². The molecule has 30 heteroatoms. The van der Waals surface area contributed by atoms with E-state index in [1.165, 1.54) is 62.9 Å². The molecule has 3 aromatic carbocycles. The third-order valence-electron chi connectivity index (χ3n) is 18.9. The number of benzene rings is 3. The zero-order valence-electron chi connectivity index (χ0n) is 57.1. The van der Waals surface area contributed by atoms with E-state index in [1.807, 2.05) is 35.3 Å². The molecule has 0 bridgehead atoms. The van der Waals surface area contributed by atoms with E-state index in [9.17, 15) is 54.5 Å². The fraction of sp³-hybridized carbons (Fsp3) is 0.479. The molecule has 536 valence electrons. The predicted octanol–water partition coefficient (Wildman–Crippen LogP) is 8.04. The summed E-state index contributed by atoms with van der Waals surface area (Å²) in [6, 6.07) is 17.8. The number of methoxy groups -OCH3 is 1. The Kier molecular flexibility index (Phi) is 23.3. The molecule has 0 radical (unpaired) electrons. The van der Waals surface area contributed by atoms with Gasteiger partial charge in [0.1, 0.15) is 37.0 Å². The van der Waals surface area contributed by atoms with Gasteiger partial charge in [-0.25, -0.2) is 33.9 Å². The minimum atomic E-state index is -1.97. The fourth-order valence-electron chi connectivity index (χ4n) is 13.0. The first-order valence-corrected chi connectivity index (χ1v) is 34.0. The van der Waals surface area contributed by atoms with Crippen LogP contribution < -0.4 is 33.6 Å². The van der Waals surface area contributed by atoms with E-state index in [0.29, 0.717) is 77.3 Å². The number of amides is 5. The SMILES string of the molecule is COc1ccc2cc3[n+](cc2c1OC(=O)N(C)CCN(C)C(=O)OCCCCCCCCCC(=O)Nc1cc(COC(=O)N(C)CCN(C)C(=O)n2ccc4c(-c5cnn([C@H](CC#N)C6CCCC6)c5)ncnc42)ccc1O[C@@H]1OC(C(=O)O)[C@@H](O)[C@H](O)[C@H]1O)CCc1cc2c(cc1-3)OCO2. The standard InChI is InChI=1S/C71H84N12O18/c1-77(68(90)82-27-24-48-59(73-41-74-65(48)82)47-37-75-83(38-47)52(22-25-72)44-15-12-13-16-44)28-29-79(3)70(92)96-40-43-18-20-54(99-67-62(87)60(85)61(86)64(100-67)66(88)89)51(33-43)76-58(84)17-11-9-7-6-8-10-14-32-95-69(91)78(2)30-31-80(4)71(93)101-63-50-39-81-26-23-46-35-56-57(98-42-97-56)36-49(46)53(81)34-45(50)19-21-55(63)94-5/h18-21,24,27,33-39,41,44,52,60-62,64,67,85-87H,6-17,22-23,26,28-32,40,42H2,1-5H3,(H-,76,84,88,89)/p+1/t52-,60+,61+,62-,64?,67-/m1/s1. The number of carboxylic acids is 1. The second-order valence-corrected chi connectivity index (χ2v) is 25.9. The average molecular weight is 1390 g/mol. The number of carboxylic acid groups (broad SMARTS) is 1. The zero-order valence-corrected chi connectivity index (χ0v) is 57.1. The molecular weight excluding hydrogens is 1310 g/mol. The number of ether oxygens (including phenoxy) is 8. The van der Waals surface area contributed by atoms with Crippen LogP contribution in [0.2, 0.25) is 0 Å². The molecule has 7 heterocycles. The molecule has 3 aliphatic heterocycles. The van der Waals surface area contributed by atoms with E-state index in [4.69, 9.17) is 37.9 Å². The molecule has 4 aromatic heterocycles. The van der Waals surface area contributed by atoms with Gasteiger partial charge in [0.15, 0.2) is 47.5 Å². The normalized spacial score (nSPS) is 17.8. The smallest absolute Gasteiger partial charge is 0.415 e. The highest BCUT2D eigenvalue weighted by Gasteiger charge is 2.48. The van der Waals surface area contributed by atoms with Crippen molar-refractivity contribution < 1.29 is 91.7 Å². The first-order valence-electron chi connectivity index (χ1n) is 34.0. The number of nitriles is 1. The summed E-state index contributed by atoms with van der Waals surface area (Å²) >= 11 is 0. The number of pyridine rings is 1. The molecular formula is C71H85N12O18+. The van der Waals surface area contributed by atoms with E-state index in [2.05, 4.69) is 37.1 Å². The van der Waals surface area contributed by atoms with Crippen molar-refractivity contribution in [3.63, 3.8) is 0 Å². The van der Waals surface area contributed by atoms with Crippen molar-refractivity contribution in [2.45, 2.75) is 140 Å². The number of likely N-dealkylation sites (N-methyl/N-ethyl adjacent to an activating group) is 4. The molecule has 5 N–H and O–H groups in total. The van der Waals surface area contributed by atoms with Gasteiger partial charge in [-0.3, -0.25) is 14.0 Å². The number of fused-ring (bicyclic) bond motifs is 6. The number of rotatable bonds is 28. The van der Waals surface area contributed by atoms with Crippen molar-refractivity contribution in [2.75, 3.05) is 80.2 Å². The number of carbonyl (C=O) groups excluding carboxylic acids is 5. The number of nitrogens with zero attached hydrogens (tertiary/aromatic N) is 11. The highest BCUT2D eigenvalue weighted by molar-refractivity contribution is 5.97. The number of aromatic nitrogens is 6. The summed E-state index contributed by atoms with van der Waals surface area (Å²) in [6.07, 6.45) is 7.88. The number of aliphatic hydroxyl groups excluding tert-OH is 3. The molecule has 4 aliphatic rings. The quantitative estimate of drug-likeness (QED) is 0.0229. The minimum absolute atomic E-state index is 0.0435. The van der Waals surface area contributed by atoms with Gasteiger partial charge in [0.2, 0.25) is 24.7 Å². The molecule has 0 spiro atoms. The summed E-state index contributed by atoms with van der Waals surface area (Å²) in [6.45, 7) is 1.33. The van der Waals surface area contributed by atoms with Gasteiger partial charge in [-0.1, -0.05) is 51.0 Å². The van der Waals surface area contributed by atoms with Crippen LogP contribution in [0.4, 0.5) is 24.9 Å². The number of aliphatic carboxylic acids is 1. The van der Waals surface area contributed by atoms with Crippen molar-refractivity contribution in [3.05, 3.63) is 96.8 Å². The second-order valence-electron chi connectivity index (χ2n) is 25.9. The molecule has 1 saturated carbocycles. The van der Waals surface area contributed by atoms with Crippen LogP contribution in [0.25, 0.3) is 44.3 Å². The van der Waals surface area contributed by atoms with E-state index >= 15 is 0 Å². The minimum Gasteiger partial charge on any atom is -0.493 e. The van der Waals surface area contributed by atoms with Crippen LogP contribution in [0.5, 0.6) is 28.7 Å². The number of carbonyl (C=O) groups is 6. The summed E-state index contributed by atoms with van der Waals surface area (Å²) in [5.74, 6) is 0.372. The molecule has 1 saturated heterocycles. The summed E-state index contributed by atoms with van der Waals surface area (Å²) in [5.41, 5.74) is 5.34. The Morgan fingerprint density at radius 1 is 0.782 bits per heavy atom. The van der Waals surface area contributed by atoms with Crippen LogP contribution in [0, 0.1) is 17.2 Å². The largest absolute Gasteiger partial charge is 0.493 e. The number of aliphatic hydroxyl groups is 3. The fourth-order valence-corrected chi connectivity index (χ4v) is 13.0. The Bertz CT molecular complexity index is 4210. The number of hydrogen-bond donors (Lipinski definition) is 5. The van der Waals surface area contributed by atoms with Crippen LogP contribution >= 0.6 is 0 Å². The van der Waals surface area contributed by atoms with Gasteiger partial charge in [0.25, 0.3) is 0 Å². The molecule has 1 aliphatic carbocycles. The van der Waals surface area contributed by atoms with Gasteiger partial charge in [0.05, 0.1) is 60.8 Å². The maximum Gasteiger partial charge on any atom is 0.415 e. The third-order valence-corrected chi connectivity index (χ3v) is 18.9. The highest BCUT2D eigenvalue weighted by atomic mass is 16.7. The van der Waals surface area contributed by atoms with Gasteiger partial charge in [-0.15, -0.1) is 0 Å². The second kappa shape index (κ2) is 32.8. The monoisotopic (exact) mass is 1390 g/mol. The Morgan fingerprint density at radius 3 is 2.21 bits per heavy atom. The van der Waals surface area contributed by atoms with Crippen molar-refractivity contribution in [2.24, 2.45) is 5.92 Å². The Balaban J connectivity index is 0.602. The van der Waals surface area contributed by atoms with Gasteiger partial charge in [-0.2, -0.15) is 14.9 Å². The maximum absolute atomic E-state index is 13.8. The highest BCUT2D eigenvalue weighted by Crippen LogP contribution is 2.43. The van der Waals surface area contributed by atoms with Gasteiger partial charge >= 0.3 is 30.3 Å². The number of aryl methyl sites for hydroxylation is 2. The predicted molar refractivity (Wildman–Crippen MR) is 362 cm³/mol. The number of nitrogens with one attached hydrogen (secondary N) is 1. The molecule has 30 nitrogen and oxygen atoms in total. The van der Waals surface area contributed by atoms with Crippen molar-refractivity contribution >= 4 is 63.7 Å². The van der Waals surface area contributed by atoms with Gasteiger partial charge in [0, 0.05) is 96.6 Å². The van der Waals surface area contributed by atoms with E-state index < -0.39 is 66.9 Å². The van der Waals surface area contributed by atoms with Crippen LogP contribution in [0.1, 0.15) is 101 Å². The molecule has 1 unspecified atom stereocenters. The Hall–Kier alpha value is -10.4. The summed E-state index contributed by atoms with van der Waals surface area (Å²) in [4.78, 5) is 93.5. The molecule has 7 aromatic rings.